The first-order valence-electron chi connectivity index (χ1n) is 25.7. The van der Waals surface area contributed by atoms with E-state index >= 15 is 9.59 Å². The number of rotatable bonds is 9. The monoisotopic (exact) mass is 1240 g/mol. The molecule has 0 saturated carbocycles. The van der Waals surface area contributed by atoms with E-state index in [1.165, 1.54) is 33.4 Å². The number of ether oxygens (including phenoxy) is 6. The normalized spacial score (nSPS) is 22.5. The van der Waals surface area contributed by atoms with Gasteiger partial charge in [-0.25, -0.2) is 0 Å². The van der Waals surface area contributed by atoms with Crippen molar-refractivity contribution in [2.45, 2.75) is 165 Å². The van der Waals surface area contributed by atoms with Crippen molar-refractivity contribution in [2.75, 3.05) is 23.0 Å². The summed E-state index contributed by atoms with van der Waals surface area (Å²) in [4.78, 5) is 90.9. The van der Waals surface area contributed by atoms with E-state index in [0.717, 1.165) is 8.92 Å². The number of halogens is 2. The van der Waals surface area contributed by atoms with E-state index in [4.69, 9.17) is 51.6 Å². The molecule has 0 unspecified atom stereocenters. The molecular weight excluding hydrogens is 1170 g/mol. The molecule has 16 nitrogen and oxygen atoms in total. The van der Waals surface area contributed by atoms with Crippen LogP contribution in [-0.2, 0) is 46.6 Å². The van der Waals surface area contributed by atoms with Crippen molar-refractivity contribution in [3.8, 4) is 11.1 Å². The number of anilines is 2. The van der Waals surface area contributed by atoms with Crippen molar-refractivity contribution in [1.29, 1.82) is 0 Å². The number of carbonyl (C=O) groups is 6. The molecule has 4 heterocycles. The van der Waals surface area contributed by atoms with E-state index in [1.807, 2.05) is 72.8 Å². The van der Waals surface area contributed by atoms with Gasteiger partial charge in [-0.2, -0.15) is 0 Å². The van der Waals surface area contributed by atoms with Gasteiger partial charge in [0, 0.05) is 0 Å². The molecule has 20 heteroatoms. The molecule has 4 aliphatic heterocycles. The number of likely N-dealkylation sites (tertiary alicyclic amines) is 2. The second kappa shape index (κ2) is 21.5. The summed E-state index contributed by atoms with van der Waals surface area (Å²) in [7, 11) is 0. The fraction of sp³-hybridized carbons (Fsp3) is 0.483. The standard InChI is InChI=1S/C58H68Cl2N4O12Se2/c1-33(65)71-31-35-29-57(77-37-21-17-15-18-22-37)41-25-39(43(59)27-45(41)63(51(69)75-55(9,10)11)47(57)61(35)49(67)73-53(3,4)5)40-26-42-46(28-44(40)60)64(52(70)76-56(12,13)14)48-58(42,78-38-23-19-16-20-24-38)30-36(32-72-34(2)66)62(48)50(68)74-54(6,7)8/h15-28,35-36,47-48H,29-32H2,1-14H3/t35-,36-,47+,48+,57+,58+/m0/s1. The van der Waals surface area contributed by atoms with Gasteiger partial charge in [0.15, 0.2) is 0 Å². The maximum atomic E-state index is 15.0. The number of nitrogens with zero attached hydrogens (tertiary/aromatic N) is 4. The van der Waals surface area contributed by atoms with Gasteiger partial charge in [-0.15, -0.1) is 0 Å². The summed E-state index contributed by atoms with van der Waals surface area (Å²) in [6, 6.07) is 25.3. The van der Waals surface area contributed by atoms with E-state index in [2.05, 4.69) is 0 Å². The number of benzene rings is 4. The van der Waals surface area contributed by atoms with Crippen molar-refractivity contribution < 1.29 is 57.2 Å². The van der Waals surface area contributed by atoms with Crippen LogP contribution in [0.5, 0.6) is 0 Å². The summed E-state index contributed by atoms with van der Waals surface area (Å²) in [5.74, 6) is -1.09. The summed E-state index contributed by atoms with van der Waals surface area (Å²) in [5.41, 5.74) is -0.803. The van der Waals surface area contributed by atoms with Gasteiger partial charge in [0.1, 0.15) is 0 Å². The molecule has 6 atom stereocenters. The molecule has 8 rings (SSSR count). The van der Waals surface area contributed by atoms with E-state index in [-0.39, 0.29) is 36.1 Å². The van der Waals surface area contributed by atoms with Gasteiger partial charge in [-0.05, 0) is 0 Å². The van der Waals surface area contributed by atoms with Gasteiger partial charge >= 0.3 is 482 Å². The Balaban J connectivity index is 1.42. The minimum atomic E-state index is -1.07. The Kier molecular flexibility index (Phi) is 16.2. The molecule has 4 aromatic rings. The molecule has 2 saturated heterocycles. The molecular formula is C58H68Cl2N4O12Se2. The van der Waals surface area contributed by atoms with Gasteiger partial charge in [-0.3, -0.25) is 0 Å². The topological polar surface area (TPSA) is 171 Å². The van der Waals surface area contributed by atoms with Crippen LogP contribution in [0.25, 0.3) is 11.1 Å². The van der Waals surface area contributed by atoms with Crippen LogP contribution in [0.2, 0.25) is 10.0 Å². The third kappa shape index (κ3) is 12.0. The van der Waals surface area contributed by atoms with E-state index < -0.39 is 122 Å². The second-order valence-corrected chi connectivity index (χ2v) is 30.6. The van der Waals surface area contributed by atoms with Crippen LogP contribution in [0.1, 0.15) is 121 Å². The van der Waals surface area contributed by atoms with Crippen LogP contribution in [0.3, 0.4) is 0 Å². The van der Waals surface area contributed by atoms with Crippen LogP contribution in [-0.4, -0.2) is 136 Å². The molecule has 4 aliphatic rings. The molecule has 0 N–H and O–H groups in total. The molecule has 0 bridgehead atoms. The van der Waals surface area contributed by atoms with Crippen molar-refractivity contribution in [2.24, 2.45) is 0 Å². The molecule has 78 heavy (non-hydrogen) atoms. The Morgan fingerprint density at radius 2 is 0.808 bits per heavy atom. The van der Waals surface area contributed by atoms with Crippen LogP contribution >= 0.6 is 23.2 Å². The SMILES string of the molecule is CC(=O)OC[C@@H]1C[C@@]2([Se]c3ccccc3)c3cc(-c4cc5c(cc4Cl)N(C(=O)OC(C)(C)C)[C@H]4N(C(=O)OC(C)(C)C)[C@H](COC(C)=O)C[C@@]54[Se]c4ccccc4)c(Cl)cc3N(C(=O)OC(C)(C)C)[C@H]2N1C(=O)OC(C)(C)C. The zero-order valence-corrected chi connectivity index (χ0v) is 51.4. The predicted molar refractivity (Wildman–Crippen MR) is 300 cm³/mol. The first kappa shape index (κ1) is 58.7. The fourth-order valence-electron chi connectivity index (χ4n) is 10.5. The second-order valence-electron chi connectivity index (χ2n) is 23.9. The van der Waals surface area contributed by atoms with E-state index in [1.54, 1.807) is 95.2 Å². The minimum absolute atomic E-state index is 0.189. The number of carbonyl (C=O) groups excluding carboxylic acids is 6. The molecule has 4 aromatic carbocycles. The Morgan fingerprint density at radius 3 is 1.10 bits per heavy atom. The number of hydrogen-bond donors (Lipinski definition) is 0. The van der Waals surface area contributed by atoms with Crippen molar-refractivity contribution in [1.82, 2.24) is 9.80 Å². The molecule has 418 valence electrons. The van der Waals surface area contributed by atoms with E-state index in [9.17, 15) is 19.2 Å². The van der Waals surface area contributed by atoms with Crippen LogP contribution in [0.4, 0.5) is 30.6 Å². The summed E-state index contributed by atoms with van der Waals surface area (Å²) >= 11 is 14.0. The van der Waals surface area contributed by atoms with Crippen molar-refractivity contribution >= 4 is 110 Å². The number of fused-ring (bicyclic) bond motifs is 6. The van der Waals surface area contributed by atoms with Crippen LogP contribution in [0, 0.1) is 0 Å². The zero-order chi connectivity index (χ0) is 57.2. The quantitative estimate of drug-likeness (QED) is 0.0884. The van der Waals surface area contributed by atoms with Gasteiger partial charge in [-0.1, -0.05) is 0 Å². The molecule has 4 amide bonds. The molecule has 0 radical (unpaired) electrons. The van der Waals surface area contributed by atoms with Gasteiger partial charge < -0.3 is 0 Å². The fourth-order valence-corrected chi connectivity index (χ4v) is 17.7. The number of esters is 2. The summed E-state index contributed by atoms with van der Waals surface area (Å²) in [5, 5.41) is 0.393. The molecule has 2 fully saturated rings. The van der Waals surface area contributed by atoms with Crippen LogP contribution < -0.4 is 18.7 Å². The summed E-state index contributed by atoms with van der Waals surface area (Å²) < 4.78 is 35.8. The van der Waals surface area contributed by atoms with Gasteiger partial charge in [0.05, 0.1) is 0 Å². The number of hydrogen-bond acceptors (Lipinski definition) is 12. The first-order valence-corrected chi connectivity index (χ1v) is 29.9. The third-order valence-corrected chi connectivity index (χ3v) is 19.8. The average molecular weight is 1240 g/mol. The Morgan fingerprint density at radius 1 is 0.500 bits per heavy atom. The molecule has 0 spiro atoms. The van der Waals surface area contributed by atoms with E-state index in [0.29, 0.717) is 33.6 Å². The predicted octanol–water partition coefficient (Wildman–Crippen LogP) is 10.4. The number of amides is 4. The third-order valence-electron chi connectivity index (χ3n) is 13.0. The van der Waals surface area contributed by atoms with Crippen molar-refractivity contribution in [3.63, 3.8) is 0 Å². The summed E-state index contributed by atoms with van der Waals surface area (Å²) in [6.45, 7) is 23.3. The van der Waals surface area contributed by atoms with Crippen molar-refractivity contribution in [3.05, 3.63) is 106 Å². The Hall–Kier alpha value is -5.48. The van der Waals surface area contributed by atoms with Crippen LogP contribution in [0.15, 0.2) is 84.9 Å². The molecule has 0 aliphatic carbocycles. The average Bonchev–Trinajstić information content (AvgIpc) is 3.98. The van der Waals surface area contributed by atoms with Gasteiger partial charge in [0.2, 0.25) is 0 Å². The summed E-state index contributed by atoms with van der Waals surface area (Å²) in [6.07, 6.45) is -4.59. The Labute approximate surface area is 479 Å². The first-order chi connectivity index (χ1) is 36.2. The zero-order valence-electron chi connectivity index (χ0n) is 46.5. The Bertz CT molecular complexity index is 2810. The van der Waals surface area contributed by atoms with Gasteiger partial charge in [0.25, 0.3) is 0 Å². The maximum absolute atomic E-state index is 15.0. The molecule has 0 aromatic heterocycles.